The Morgan fingerprint density at radius 1 is 1.25 bits per heavy atom. The summed E-state index contributed by atoms with van der Waals surface area (Å²) >= 11 is 0. The Balaban J connectivity index is 1.64. The maximum Gasteiger partial charge on any atom is 0.316 e. The van der Waals surface area contributed by atoms with Gasteiger partial charge in [0.25, 0.3) is 5.92 Å². The maximum atomic E-state index is 14.3. The molecule has 0 aromatic heterocycles. The molecule has 132 valence electrons. The molecule has 1 atom stereocenters. The number of halogens is 2. The van der Waals surface area contributed by atoms with Gasteiger partial charge in [-0.15, -0.1) is 0 Å². The van der Waals surface area contributed by atoms with Crippen molar-refractivity contribution in [3.63, 3.8) is 0 Å². The third kappa shape index (κ3) is 2.82. The van der Waals surface area contributed by atoms with E-state index in [2.05, 4.69) is 0 Å². The largest absolute Gasteiger partial charge is 0.460 e. The average Bonchev–Trinajstić information content (AvgIpc) is 2.99. The third-order valence-corrected chi connectivity index (χ3v) is 6.34. The molecule has 0 radical (unpaired) electrons. The number of sulfonamides is 1. The van der Waals surface area contributed by atoms with Crippen LogP contribution in [0.2, 0.25) is 0 Å². The Labute approximate surface area is 139 Å². The molecule has 1 saturated carbocycles. The molecule has 1 aliphatic heterocycles. The summed E-state index contributed by atoms with van der Waals surface area (Å²) in [5, 5.41) is 0. The first-order valence-corrected chi connectivity index (χ1v) is 9.57. The summed E-state index contributed by atoms with van der Waals surface area (Å²) in [6.45, 7) is -0.0222. The van der Waals surface area contributed by atoms with Crippen molar-refractivity contribution in [1.82, 2.24) is 4.31 Å². The second kappa shape index (κ2) is 5.77. The number of nitrogens with zero attached hydrogens (tertiary/aromatic N) is 1. The summed E-state index contributed by atoms with van der Waals surface area (Å²) in [5.74, 6) is -5.52. The van der Waals surface area contributed by atoms with Crippen LogP contribution < -0.4 is 0 Å². The van der Waals surface area contributed by atoms with Gasteiger partial charge >= 0.3 is 5.97 Å². The van der Waals surface area contributed by atoms with Crippen LogP contribution in [-0.4, -0.2) is 44.0 Å². The molecule has 3 rings (SSSR count). The second-order valence-electron chi connectivity index (χ2n) is 6.47. The first-order chi connectivity index (χ1) is 11.2. The lowest BCUT2D eigenvalue weighted by Crippen LogP contribution is -2.40. The van der Waals surface area contributed by atoms with Gasteiger partial charge in [-0.05, 0) is 18.4 Å². The van der Waals surface area contributed by atoms with Crippen molar-refractivity contribution in [3.8, 4) is 0 Å². The van der Waals surface area contributed by atoms with E-state index >= 15 is 0 Å². The van der Waals surface area contributed by atoms with E-state index in [0.717, 1.165) is 11.8 Å². The molecular formula is C16H19F2NO4S. The average molecular weight is 359 g/mol. The van der Waals surface area contributed by atoms with Crippen LogP contribution in [-0.2, 0) is 26.2 Å². The zero-order valence-corrected chi connectivity index (χ0v) is 14.1. The fourth-order valence-corrected chi connectivity index (χ4v) is 4.38. The fraction of sp³-hybridized carbons (Fsp3) is 0.562. The lowest BCUT2D eigenvalue weighted by Gasteiger charge is -2.30. The van der Waals surface area contributed by atoms with E-state index in [-0.39, 0.29) is 32.5 Å². The van der Waals surface area contributed by atoms with Crippen LogP contribution >= 0.6 is 0 Å². The van der Waals surface area contributed by atoms with Crippen LogP contribution in [0.15, 0.2) is 30.3 Å². The van der Waals surface area contributed by atoms with Crippen LogP contribution in [0.4, 0.5) is 8.78 Å². The van der Waals surface area contributed by atoms with Crippen molar-refractivity contribution in [2.75, 3.05) is 19.3 Å². The Morgan fingerprint density at radius 2 is 1.83 bits per heavy atom. The molecule has 0 unspecified atom stereocenters. The highest BCUT2D eigenvalue weighted by molar-refractivity contribution is 7.88. The van der Waals surface area contributed by atoms with Gasteiger partial charge in [0.1, 0.15) is 12.5 Å². The molecule has 2 fully saturated rings. The van der Waals surface area contributed by atoms with E-state index in [9.17, 15) is 22.0 Å². The van der Waals surface area contributed by atoms with Gasteiger partial charge in [-0.25, -0.2) is 21.5 Å². The molecule has 0 amide bonds. The van der Waals surface area contributed by atoms with Crippen molar-refractivity contribution in [1.29, 1.82) is 0 Å². The number of alkyl halides is 2. The number of ether oxygens (including phenoxy) is 1. The lowest BCUT2D eigenvalue weighted by molar-refractivity contribution is -0.149. The molecule has 1 saturated heterocycles. The normalized spacial score (nSPS) is 25.4. The van der Waals surface area contributed by atoms with Crippen LogP contribution in [0.1, 0.15) is 18.4 Å². The molecule has 0 bridgehead atoms. The van der Waals surface area contributed by atoms with Gasteiger partial charge in [0.15, 0.2) is 0 Å². The SMILES string of the molecule is CS(=O)(=O)N1CCC2(CC1)[C@@H](C(=O)OCc1ccccc1)C2(F)F. The van der Waals surface area contributed by atoms with Crippen molar-refractivity contribution in [2.24, 2.45) is 11.3 Å². The number of rotatable bonds is 4. The molecule has 0 N–H and O–H groups in total. The molecule has 1 spiro atoms. The smallest absolute Gasteiger partial charge is 0.316 e. The van der Waals surface area contributed by atoms with E-state index in [1.165, 1.54) is 4.31 Å². The van der Waals surface area contributed by atoms with E-state index in [4.69, 9.17) is 4.74 Å². The van der Waals surface area contributed by atoms with E-state index < -0.39 is 33.2 Å². The molecule has 1 aliphatic carbocycles. The Bertz CT molecular complexity index is 728. The summed E-state index contributed by atoms with van der Waals surface area (Å²) in [7, 11) is -3.40. The third-order valence-electron chi connectivity index (χ3n) is 5.04. The fourth-order valence-electron chi connectivity index (χ4n) is 3.53. The first-order valence-electron chi connectivity index (χ1n) is 7.72. The molecular weight excluding hydrogens is 340 g/mol. The number of carbonyl (C=O) groups excluding carboxylic acids is 1. The maximum absolute atomic E-state index is 14.3. The topological polar surface area (TPSA) is 63.7 Å². The number of esters is 1. The predicted octanol–water partition coefficient (Wildman–Crippen LogP) is 2.04. The van der Waals surface area contributed by atoms with Crippen LogP contribution in [0, 0.1) is 11.3 Å². The highest BCUT2D eigenvalue weighted by Crippen LogP contribution is 2.71. The number of hydrogen-bond acceptors (Lipinski definition) is 4. The summed E-state index contributed by atoms with van der Waals surface area (Å²) in [5.41, 5.74) is -0.724. The molecule has 8 heteroatoms. The number of benzene rings is 1. The number of carbonyl (C=O) groups is 1. The molecule has 24 heavy (non-hydrogen) atoms. The van der Waals surface area contributed by atoms with Crippen molar-refractivity contribution in [3.05, 3.63) is 35.9 Å². The van der Waals surface area contributed by atoms with E-state index in [1.807, 2.05) is 6.07 Å². The minimum absolute atomic E-state index is 0.0108. The molecule has 1 heterocycles. The van der Waals surface area contributed by atoms with Gasteiger partial charge in [-0.1, -0.05) is 30.3 Å². The van der Waals surface area contributed by atoms with Gasteiger partial charge in [-0.2, -0.15) is 0 Å². The van der Waals surface area contributed by atoms with Crippen LogP contribution in [0.3, 0.4) is 0 Å². The zero-order chi connectivity index (χ0) is 17.6. The van der Waals surface area contributed by atoms with Gasteiger partial charge in [0.2, 0.25) is 10.0 Å². The number of piperidine rings is 1. The van der Waals surface area contributed by atoms with Gasteiger partial charge < -0.3 is 4.74 Å². The summed E-state index contributed by atoms with van der Waals surface area (Å²) in [6, 6.07) is 8.86. The quantitative estimate of drug-likeness (QED) is 0.772. The predicted molar refractivity (Wildman–Crippen MR) is 82.8 cm³/mol. The molecule has 2 aliphatic rings. The van der Waals surface area contributed by atoms with Crippen molar-refractivity contribution in [2.45, 2.75) is 25.4 Å². The molecule has 1 aromatic carbocycles. The highest BCUT2D eigenvalue weighted by Gasteiger charge is 2.83. The number of hydrogen-bond donors (Lipinski definition) is 0. The van der Waals surface area contributed by atoms with Gasteiger partial charge in [0.05, 0.1) is 11.7 Å². The summed E-state index contributed by atoms with van der Waals surface area (Å²) in [6.07, 6.45) is 0.998. The second-order valence-corrected chi connectivity index (χ2v) is 8.45. The highest BCUT2D eigenvalue weighted by atomic mass is 32.2. The van der Waals surface area contributed by atoms with Crippen molar-refractivity contribution >= 4 is 16.0 Å². The summed E-state index contributed by atoms with van der Waals surface area (Å²) in [4.78, 5) is 12.1. The minimum Gasteiger partial charge on any atom is -0.460 e. The van der Waals surface area contributed by atoms with Crippen LogP contribution in [0.5, 0.6) is 0 Å². The monoisotopic (exact) mass is 359 g/mol. The van der Waals surface area contributed by atoms with Crippen molar-refractivity contribution < 1.29 is 26.7 Å². The van der Waals surface area contributed by atoms with E-state index in [1.54, 1.807) is 24.3 Å². The summed E-state index contributed by atoms with van der Waals surface area (Å²) < 4.78 is 57.8. The Kier molecular flexibility index (Phi) is 4.16. The lowest BCUT2D eigenvalue weighted by atomic mass is 9.91. The minimum atomic E-state index is -3.40. The van der Waals surface area contributed by atoms with Crippen LogP contribution in [0.25, 0.3) is 0 Å². The Morgan fingerprint density at radius 3 is 2.38 bits per heavy atom. The Hall–Kier alpha value is -1.54. The van der Waals surface area contributed by atoms with Gasteiger partial charge in [-0.3, -0.25) is 4.79 Å². The zero-order valence-electron chi connectivity index (χ0n) is 13.2. The van der Waals surface area contributed by atoms with E-state index in [0.29, 0.717) is 0 Å². The molecule has 5 nitrogen and oxygen atoms in total. The molecule has 1 aromatic rings. The standard InChI is InChI=1S/C16H19F2NO4S/c1-24(21,22)19-9-7-15(8-10-19)13(16(15,17)18)14(20)23-11-12-5-3-2-4-6-12/h2-6,13H,7-11H2,1H3/t13-/m1/s1. The van der Waals surface area contributed by atoms with Gasteiger partial charge in [0, 0.05) is 13.1 Å². The first kappa shape index (κ1) is 17.3.